The molecular formula is C23H27NO4. The number of hydrogen-bond acceptors (Lipinski definition) is 4. The summed E-state index contributed by atoms with van der Waals surface area (Å²) >= 11 is 0. The topological polar surface area (TPSA) is 48.0 Å². The lowest BCUT2D eigenvalue weighted by molar-refractivity contribution is 0.0140. The van der Waals surface area contributed by atoms with Gasteiger partial charge in [0, 0.05) is 12.1 Å². The second-order valence-electron chi connectivity index (χ2n) is 8.36. The van der Waals surface area contributed by atoms with E-state index >= 15 is 0 Å². The number of rotatable bonds is 2. The fraction of sp³-hybridized carbons (Fsp3) is 0.435. The van der Waals surface area contributed by atoms with E-state index in [4.69, 9.17) is 14.2 Å². The standard InChI is InChI=1S/C23H27NO4/c1-23(2,3)28-22(25)24-11-10-15-13-18(26-4)21(27-5)20-16-9-7-6-8-14(16)12-17(24)19(15)20/h6-9,13,17H,10-12H2,1-5H3. The van der Waals surface area contributed by atoms with Gasteiger partial charge in [-0.3, -0.25) is 0 Å². The Labute approximate surface area is 166 Å². The second-order valence-corrected chi connectivity index (χ2v) is 8.36. The summed E-state index contributed by atoms with van der Waals surface area (Å²) < 4.78 is 17.1. The lowest BCUT2D eigenvalue weighted by Gasteiger charge is -2.42. The number of methoxy groups -OCH3 is 2. The number of benzene rings is 2. The van der Waals surface area contributed by atoms with Gasteiger partial charge in [0.05, 0.1) is 20.3 Å². The molecule has 1 atom stereocenters. The van der Waals surface area contributed by atoms with E-state index in [2.05, 4.69) is 18.2 Å². The van der Waals surface area contributed by atoms with Gasteiger partial charge in [-0.05, 0) is 61.9 Å². The molecule has 5 nitrogen and oxygen atoms in total. The molecule has 148 valence electrons. The molecular weight excluding hydrogens is 354 g/mol. The molecule has 0 aromatic heterocycles. The Hall–Kier alpha value is -2.69. The third-order valence-electron chi connectivity index (χ3n) is 5.45. The Morgan fingerprint density at radius 1 is 1.11 bits per heavy atom. The Balaban J connectivity index is 1.90. The molecule has 0 saturated heterocycles. The molecule has 0 spiro atoms. The highest BCUT2D eigenvalue weighted by atomic mass is 16.6. The second kappa shape index (κ2) is 6.73. The molecule has 1 aliphatic heterocycles. The van der Waals surface area contributed by atoms with Crippen LogP contribution >= 0.6 is 0 Å². The number of carbonyl (C=O) groups excluding carboxylic acids is 1. The number of carbonyl (C=O) groups is 1. The predicted molar refractivity (Wildman–Crippen MR) is 108 cm³/mol. The summed E-state index contributed by atoms with van der Waals surface area (Å²) in [6.07, 6.45) is 1.27. The van der Waals surface area contributed by atoms with E-state index in [9.17, 15) is 4.79 Å². The zero-order chi connectivity index (χ0) is 20.1. The van der Waals surface area contributed by atoms with Crippen molar-refractivity contribution in [2.45, 2.75) is 45.3 Å². The van der Waals surface area contributed by atoms with Crippen molar-refractivity contribution >= 4 is 6.09 Å². The highest BCUT2D eigenvalue weighted by Crippen LogP contribution is 2.52. The van der Waals surface area contributed by atoms with Crippen LogP contribution in [0, 0.1) is 0 Å². The minimum absolute atomic E-state index is 0.0664. The van der Waals surface area contributed by atoms with Gasteiger partial charge in [-0.25, -0.2) is 4.79 Å². The predicted octanol–water partition coefficient (Wildman–Crippen LogP) is 4.76. The van der Waals surface area contributed by atoms with Crippen LogP contribution in [-0.2, 0) is 17.6 Å². The molecule has 0 saturated carbocycles. The van der Waals surface area contributed by atoms with Crippen molar-refractivity contribution < 1.29 is 19.0 Å². The number of ether oxygens (including phenoxy) is 3. The van der Waals surface area contributed by atoms with Gasteiger partial charge < -0.3 is 19.1 Å². The molecule has 1 aliphatic carbocycles. The van der Waals surface area contributed by atoms with Crippen LogP contribution in [0.1, 0.15) is 43.5 Å². The lowest BCUT2D eigenvalue weighted by atomic mass is 9.76. The maximum atomic E-state index is 13.0. The molecule has 2 aromatic carbocycles. The first-order valence-corrected chi connectivity index (χ1v) is 9.69. The molecule has 4 rings (SSSR count). The molecule has 1 heterocycles. The summed E-state index contributed by atoms with van der Waals surface area (Å²) in [6.45, 7) is 6.33. The van der Waals surface area contributed by atoms with Crippen LogP contribution in [0.2, 0.25) is 0 Å². The van der Waals surface area contributed by atoms with Gasteiger partial charge in [0.1, 0.15) is 5.60 Å². The van der Waals surface area contributed by atoms with Crippen molar-refractivity contribution in [1.29, 1.82) is 0 Å². The SMILES string of the molecule is COc1cc2c3c(c1OC)-c1ccccc1CC3N(C(=O)OC(C)(C)C)CC2. The van der Waals surface area contributed by atoms with Crippen molar-refractivity contribution in [3.63, 3.8) is 0 Å². The normalized spacial score (nSPS) is 17.5. The number of amides is 1. The van der Waals surface area contributed by atoms with Crippen molar-refractivity contribution in [1.82, 2.24) is 4.90 Å². The number of hydrogen-bond donors (Lipinski definition) is 0. The molecule has 1 unspecified atom stereocenters. The number of nitrogens with zero attached hydrogens (tertiary/aromatic N) is 1. The van der Waals surface area contributed by atoms with Crippen molar-refractivity contribution in [3.05, 3.63) is 47.0 Å². The zero-order valence-electron chi connectivity index (χ0n) is 17.2. The fourth-order valence-corrected chi connectivity index (χ4v) is 4.37. The van der Waals surface area contributed by atoms with Crippen LogP contribution in [0.15, 0.2) is 30.3 Å². The molecule has 2 aliphatic rings. The first-order chi connectivity index (χ1) is 13.3. The Bertz CT molecular complexity index is 929. The van der Waals surface area contributed by atoms with Crippen molar-refractivity contribution in [2.75, 3.05) is 20.8 Å². The van der Waals surface area contributed by atoms with Gasteiger partial charge in [0.2, 0.25) is 0 Å². The highest BCUT2D eigenvalue weighted by Gasteiger charge is 2.40. The summed E-state index contributed by atoms with van der Waals surface area (Å²) in [5.74, 6) is 1.46. The van der Waals surface area contributed by atoms with E-state index in [-0.39, 0.29) is 12.1 Å². The first-order valence-electron chi connectivity index (χ1n) is 9.69. The van der Waals surface area contributed by atoms with Crippen molar-refractivity contribution in [2.24, 2.45) is 0 Å². The van der Waals surface area contributed by atoms with Crippen LogP contribution in [-0.4, -0.2) is 37.4 Å². The zero-order valence-corrected chi connectivity index (χ0v) is 17.2. The maximum absolute atomic E-state index is 13.0. The number of fused-ring (bicyclic) bond motifs is 2. The van der Waals surface area contributed by atoms with E-state index in [1.807, 2.05) is 37.8 Å². The monoisotopic (exact) mass is 381 g/mol. The maximum Gasteiger partial charge on any atom is 0.410 e. The summed E-state index contributed by atoms with van der Waals surface area (Å²) in [6, 6.07) is 10.3. The van der Waals surface area contributed by atoms with E-state index < -0.39 is 5.60 Å². The van der Waals surface area contributed by atoms with Gasteiger partial charge >= 0.3 is 6.09 Å². The van der Waals surface area contributed by atoms with E-state index in [0.29, 0.717) is 6.54 Å². The van der Waals surface area contributed by atoms with Crippen molar-refractivity contribution in [3.8, 4) is 22.6 Å². The van der Waals surface area contributed by atoms with Gasteiger partial charge in [-0.15, -0.1) is 0 Å². The summed E-state index contributed by atoms with van der Waals surface area (Å²) in [4.78, 5) is 14.8. The average molecular weight is 381 g/mol. The summed E-state index contributed by atoms with van der Waals surface area (Å²) in [5, 5.41) is 0. The van der Waals surface area contributed by atoms with Gasteiger partial charge in [0.15, 0.2) is 11.5 Å². The molecule has 0 radical (unpaired) electrons. The molecule has 1 amide bonds. The largest absolute Gasteiger partial charge is 0.493 e. The summed E-state index contributed by atoms with van der Waals surface area (Å²) in [5.41, 5.74) is 5.24. The average Bonchev–Trinajstić information content (AvgIpc) is 2.66. The molecule has 0 N–H and O–H groups in total. The molecule has 0 bridgehead atoms. The minimum atomic E-state index is -0.523. The molecule has 5 heteroatoms. The fourth-order valence-electron chi connectivity index (χ4n) is 4.37. The van der Waals surface area contributed by atoms with Crippen LogP contribution in [0.3, 0.4) is 0 Å². The third kappa shape index (κ3) is 2.99. The first kappa shape index (κ1) is 18.7. The minimum Gasteiger partial charge on any atom is -0.493 e. The van der Waals surface area contributed by atoms with Gasteiger partial charge in [0.25, 0.3) is 0 Å². The van der Waals surface area contributed by atoms with Crippen LogP contribution < -0.4 is 9.47 Å². The Kier molecular flexibility index (Phi) is 4.48. The van der Waals surface area contributed by atoms with Gasteiger partial charge in [-0.1, -0.05) is 24.3 Å². The summed E-state index contributed by atoms with van der Waals surface area (Å²) in [7, 11) is 3.33. The van der Waals surface area contributed by atoms with E-state index in [1.165, 1.54) is 11.1 Å². The van der Waals surface area contributed by atoms with E-state index in [1.54, 1.807) is 14.2 Å². The third-order valence-corrected chi connectivity index (χ3v) is 5.45. The quantitative estimate of drug-likeness (QED) is 0.752. The Morgan fingerprint density at radius 3 is 2.54 bits per heavy atom. The van der Waals surface area contributed by atoms with Gasteiger partial charge in [-0.2, -0.15) is 0 Å². The lowest BCUT2D eigenvalue weighted by Crippen LogP contribution is -2.44. The smallest absolute Gasteiger partial charge is 0.410 e. The Morgan fingerprint density at radius 2 is 1.86 bits per heavy atom. The van der Waals surface area contributed by atoms with Crippen LogP contribution in [0.5, 0.6) is 11.5 Å². The van der Waals surface area contributed by atoms with Crippen LogP contribution in [0.25, 0.3) is 11.1 Å². The molecule has 28 heavy (non-hydrogen) atoms. The molecule has 2 aromatic rings. The van der Waals surface area contributed by atoms with E-state index in [0.717, 1.165) is 41.0 Å². The molecule has 0 fully saturated rings. The van der Waals surface area contributed by atoms with Crippen LogP contribution in [0.4, 0.5) is 4.79 Å². The highest BCUT2D eigenvalue weighted by molar-refractivity contribution is 5.84.